The van der Waals surface area contributed by atoms with Gasteiger partial charge >= 0.3 is 11.8 Å². The first-order chi connectivity index (χ1) is 13.0. The molecule has 1 heterocycles. The Morgan fingerprint density at radius 1 is 1.07 bits per heavy atom. The van der Waals surface area contributed by atoms with Crippen molar-refractivity contribution < 1.29 is 19.1 Å². The number of carbonyl (C=O) groups excluding carboxylic acids is 3. The van der Waals surface area contributed by atoms with E-state index in [1.165, 1.54) is 4.90 Å². The van der Waals surface area contributed by atoms with Crippen LogP contribution < -0.4 is 11.1 Å². The summed E-state index contributed by atoms with van der Waals surface area (Å²) in [6, 6.07) is 16.3. The van der Waals surface area contributed by atoms with Crippen molar-refractivity contribution in [2.45, 2.75) is 12.5 Å². The number of carbonyl (C=O) groups is 3. The number of amides is 3. The quantitative estimate of drug-likeness (QED) is 0.794. The van der Waals surface area contributed by atoms with E-state index in [1.807, 2.05) is 30.3 Å². The van der Waals surface area contributed by atoms with Gasteiger partial charge < -0.3 is 20.7 Å². The zero-order chi connectivity index (χ0) is 19.2. The van der Waals surface area contributed by atoms with Gasteiger partial charge in [0.15, 0.2) is 0 Å². The maximum atomic E-state index is 12.6. The van der Waals surface area contributed by atoms with Crippen LogP contribution in [-0.4, -0.2) is 42.3 Å². The summed E-state index contributed by atoms with van der Waals surface area (Å²) in [6.07, 6.45) is -0.281. The molecule has 0 saturated carbocycles. The van der Waals surface area contributed by atoms with Crippen molar-refractivity contribution in [2.75, 3.05) is 25.0 Å². The maximum Gasteiger partial charge on any atom is 0.313 e. The summed E-state index contributed by atoms with van der Waals surface area (Å²) in [5.41, 5.74) is 7.16. The van der Waals surface area contributed by atoms with Gasteiger partial charge in [-0.2, -0.15) is 0 Å². The highest BCUT2D eigenvalue weighted by atomic mass is 16.5. The Labute approximate surface area is 157 Å². The zero-order valence-corrected chi connectivity index (χ0v) is 14.8. The van der Waals surface area contributed by atoms with E-state index < -0.39 is 17.7 Å². The Morgan fingerprint density at radius 3 is 2.52 bits per heavy atom. The maximum absolute atomic E-state index is 12.6. The fourth-order valence-electron chi connectivity index (χ4n) is 3.01. The lowest BCUT2D eigenvalue weighted by Gasteiger charge is -2.32. The summed E-state index contributed by atoms with van der Waals surface area (Å²) in [4.78, 5) is 37.7. The molecule has 7 nitrogen and oxygen atoms in total. The molecule has 1 fully saturated rings. The Morgan fingerprint density at radius 2 is 1.78 bits per heavy atom. The molecule has 3 rings (SSSR count). The molecule has 0 unspecified atom stereocenters. The first kappa shape index (κ1) is 18.6. The van der Waals surface area contributed by atoms with E-state index in [1.54, 1.807) is 24.3 Å². The summed E-state index contributed by atoms with van der Waals surface area (Å²) in [5.74, 6) is -1.89. The second-order valence-corrected chi connectivity index (χ2v) is 6.28. The topological polar surface area (TPSA) is 102 Å². The molecule has 0 radical (unpaired) electrons. The average Bonchev–Trinajstić information content (AvgIpc) is 2.69. The normalized spacial score (nSPS) is 16.6. The first-order valence-corrected chi connectivity index (χ1v) is 8.67. The number of para-hydroxylation sites is 1. The number of benzene rings is 2. The summed E-state index contributed by atoms with van der Waals surface area (Å²) in [6.45, 7) is 1.01. The lowest BCUT2D eigenvalue weighted by atomic mass is 10.1. The van der Waals surface area contributed by atoms with E-state index in [2.05, 4.69) is 5.32 Å². The minimum Gasteiger partial charge on any atom is -0.370 e. The molecule has 1 aliphatic rings. The van der Waals surface area contributed by atoms with Crippen molar-refractivity contribution in [3.8, 4) is 0 Å². The minimum absolute atomic E-state index is 0.0156. The number of ether oxygens (including phenoxy) is 1. The zero-order valence-electron chi connectivity index (χ0n) is 14.8. The summed E-state index contributed by atoms with van der Waals surface area (Å²) >= 11 is 0. The molecule has 140 valence electrons. The number of morpholine rings is 1. The van der Waals surface area contributed by atoms with Crippen LogP contribution in [0.5, 0.6) is 0 Å². The van der Waals surface area contributed by atoms with E-state index in [9.17, 15) is 14.4 Å². The number of nitrogens with two attached hydrogens (primary N) is 1. The predicted molar refractivity (Wildman–Crippen MR) is 99.7 cm³/mol. The standard InChI is InChI=1S/C20H21N3O4/c21-18(24)12-15-8-4-5-9-16(15)22-19(25)20(26)23-10-11-27-17(13-23)14-6-2-1-3-7-14/h1-9,17H,10-13H2,(H2,21,24)(H,22,25)/t17-/m1/s1. The van der Waals surface area contributed by atoms with Crippen molar-refractivity contribution in [2.24, 2.45) is 5.73 Å². The number of rotatable bonds is 4. The molecule has 3 amide bonds. The van der Waals surface area contributed by atoms with Crippen LogP contribution in [0.4, 0.5) is 5.69 Å². The number of nitrogens with one attached hydrogen (secondary N) is 1. The molecule has 3 N–H and O–H groups in total. The molecule has 2 aromatic carbocycles. The van der Waals surface area contributed by atoms with E-state index in [0.29, 0.717) is 30.9 Å². The average molecular weight is 367 g/mol. The number of nitrogens with zero attached hydrogens (tertiary/aromatic N) is 1. The van der Waals surface area contributed by atoms with Gasteiger partial charge in [0.1, 0.15) is 6.10 Å². The van der Waals surface area contributed by atoms with Crippen molar-refractivity contribution in [3.63, 3.8) is 0 Å². The Bertz CT molecular complexity index is 838. The first-order valence-electron chi connectivity index (χ1n) is 8.67. The van der Waals surface area contributed by atoms with Crippen molar-refractivity contribution in [1.82, 2.24) is 4.90 Å². The third kappa shape index (κ3) is 4.71. The number of anilines is 1. The molecule has 27 heavy (non-hydrogen) atoms. The second kappa shape index (κ2) is 8.46. The lowest BCUT2D eigenvalue weighted by molar-refractivity contribution is -0.148. The molecule has 1 saturated heterocycles. The van der Waals surface area contributed by atoms with Crippen LogP contribution in [0.1, 0.15) is 17.2 Å². The smallest absolute Gasteiger partial charge is 0.313 e. The molecule has 0 bridgehead atoms. The van der Waals surface area contributed by atoms with Crippen LogP contribution in [0.25, 0.3) is 0 Å². The van der Waals surface area contributed by atoms with Crippen LogP contribution in [0.2, 0.25) is 0 Å². The third-order valence-electron chi connectivity index (χ3n) is 4.35. The molecule has 0 aliphatic carbocycles. The monoisotopic (exact) mass is 367 g/mol. The largest absolute Gasteiger partial charge is 0.370 e. The van der Waals surface area contributed by atoms with Crippen molar-refractivity contribution >= 4 is 23.4 Å². The van der Waals surface area contributed by atoms with Crippen LogP contribution in [0, 0.1) is 0 Å². The lowest BCUT2D eigenvalue weighted by Crippen LogP contribution is -2.47. The highest BCUT2D eigenvalue weighted by Crippen LogP contribution is 2.22. The van der Waals surface area contributed by atoms with Gasteiger partial charge in [-0.1, -0.05) is 48.5 Å². The summed E-state index contributed by atoms with van der Waals surface area (Å²) < 4.78 is 5.73. The molecule has 2 aromatic rings. The second-order valence-electron chi connectivity index (χ2n) is 6.28. The molecule has 0 spiro atoms. The molecular weight excluding hydrogens is 346 g/mol. The van der Waals surface area contributed by atoms with E-state index in [4.69, 9.17) is 10.5 Å². The van der Waals surface area contributed by atoms with Gasteiger partial charge in [0.05, 0.1) is 19.6 Å². The Balaban J connectivity index is 1.67. The van der Waals surface area contributed by atoms with Crippen molar-refractivity contribution in [3.05, 3.63) is 65.7 Å². The Hall–Kier alpha value is -3.19. The fraction of sp³-hybridized carbons (Fsp3) is 0.250. The van der Waals surface area contributed by atoms with Gasteiger partial charge in [0.25, 0.3) is 0 Å². The Kier molecular flexibility index (Phi) is 5.83. The highest BCUT2D eigenvalue weighted by Gasteiger charge is 2.29. The fourth-order valence-corrected chi connectivity index (χ4v) is 3.01. The minimum atomic E-state index is -0.749. The summed E-state index contributed by atoms with van der Waals surface area (Å²) in [5, 5.41) is 2.59. The molecule has 7 heteroatoms. The SMILES string of the molecule is NC(=O)Cc1ccccc1NC(=O)C(=O)N1CCO[C@@H](c2ccccc2)C1. The van der Waals surface area contributed by atoms with Gasteiger partial charge in [-0.15, -0.1) is 0 Å². The molecular formula is C20H21N3O4. The van der Waals surface area contributed by atoms with Crippen LogP contribution in [0.15, 0.2) is 54.6 Å². The number of hydrogen-bond acceptors (Lipinski definition) is 4. The highest BCUT2D eigenvalue weighted by molar-refractivity contribution is 6.39. The van der Waals surface area contributed by atoms with Crippen molar-refractivity contribution in [1.29, 1.82) is 0 Å². The van der Waals surface area contributed by atoms with E-state index in [0.717, 1.165) is 5.56 Å². The van der Waals surface area contributed by atoms with E-state index in [-0.39, 0.29) is 12.5 Å². The predicted octanol–water partition coefficient (Wildman–Crippen LogP) is 1.25. The van der Waals surface area contributed by atoms with Crippen LogP contribution in [0.3, 0.4) is 0 Å². The van der Waals surface area contributed by atoms with Gasteiger partial charge in [-0.05, 0) is 17.2 Å². The molecule has 0 aromatic heterocycles. The van der Waals surface area contributed by atoms with Crippen LogP contribution in [-0.2, 0) is 25.5 Å². The van der Waals surface area contributed by atoms with Gasteiger partial charge in [-0.3, -0.25) is 14.4 Å². The molecule has 1 atom stereocenters. The van der Waals surface area contributed by atoms with Gasteiger partial charge in [-0.25, -0.2) is 0 Å². The number of primary amides is 1. The summed E-state index contributed by atoms with van der Waals surface area (Å²) in [7, 11) is 0. The molecule has 1 aliphatic heterocycles. The van der Waals surface area contributed by atoms with E-state index >= 15 is 0 Å². The third-order valence-corrected chi connectivity index (χ3v) is 4.35. The van der Waals surface area contributed by atoms with Gasteiger partial charge in [0, 0.05) is 12.2 Å². The number of hydrogen-bond donors (Lipinski definition) is 2. The van der Waals surface area contributed by atoms with Crippen LogP contribution >= 0.6 is 0 Å². The van der Waals surface area contributed by atoms with Gasteiger partial charge in [0.2, 0.25) is 5.91 Å².